The van der Waals surface area contributed by atoms with Crippen molar-refractivity contribution in [2.45, 2.75) is 45.1 Å². The number of aliphatic hydroxyl groups is 1. The van der Waals surface area contributed by atoms with Gasteiger partial charge in [-0.05, 0) is 66.1 Å². The summed E-state index contributed by atoms with van der Waals surface area (Å²) >= 11 is 3.53. The smallest absolute Gasteiger partial charge is 0.140 e. The number of aliphatic hydroxyl groups excluding tert-OH is 1. The fourth-order valence-corrected chi connectivity index (χ4v) is 3.08. The Morgan fingerprint density at radius 1 is 1.50 bits per heavy atom. The number of nitrogens with one attached hydrogen (secondary N) is 1. The Balaban J connectivity index is 2.15. The molecular weight excluding hydrogens is 292 g/mol. The molecule has 0 aliphatic heterocycles. The summed E-state index contributed by atoms with van der Waals surface area (Å²) in [6.45, 7) is 4.47. The van der Waals surface area contributed by atoms with Gasteiger partial charge in [-0.25, -0.2) is 4.98 Å². The van der Waals surface area contributed by atoms with Crippen LogP contribution in [0.2, 0.25) is 0 Å². The zero-order valence-electron chi connectivity index (χ0n) is 11.0. The van der Waals surface area contributed by atoms with E-state index in [1.807, 2.05) is 19.2 Å². The number of hydrogen-bond acceptors (Lipinski definition) is 3. The van der Waals surface area contributed by atoms with Crippen LogP contribution in [0.15, 0.2) is 16.7 Å². The molecule has 2 rings (SSSR count). The molecule has 1 aliphatic carbocycles. The zero-order valence-corrected chi connectivity index (χ0v) is 12.6. The lowest BCUT2D eigenvalue weighted by Gasteiger charge is -2.39. The average molecular weight is 313 g/mol. The highest BCUT2D eigenvalue weighted by Gasteiger charge is 2.34. The van der Waals surface area contributed by atoms with Crippen LogP contribution < -0.4 is 5.32 Å². The largest absolute Gasteiger partial charge is 0.394 e. The molecule has 1 aliphatic rings. The molecule has 0 bridgehead atoms. The Bertz CT molecular complexity index is 414. The molecule has 0 atom stereocenters. The third kappa shape index (κ3) is 3.04. The first-order valence-electron chi connectivity index (χ1n) is 6.56. The molecule has 1 aromatic rings. The number of aryl methyl sites for hydroxylation is 1. The fourth-order valence-electron chi connectivity index (χ4n) is 2.51. The monoisotopic (exact) mass is 312 g/mol. The number of halogens is 1. The number of aromatic nitrogens is 1. The van der Waals surface area contributed by atoms with Gasteiger partial charge in [0, 0.05) is 6.20 Å². The van der Waals surface area contributed by atoms with Gasteiger partial charge < -0.3 is 10.4 Å². The van der Waals surface area contributed by atoms with E-state index < -0.39 is 0 Å². The highest BCUT2D eigenvalue weighted by molar-refractivity contribution is 9.10. The lowest BCUT2D eigenvalue weighted by atomic mass is 9.77. The third-order valence-electron chi connectivity index (χ3n) is 3.90. The summed E-state index contributed by atoms with van der Waals surface area (Å²) in [5, 5.41) is 13.2. The van der Waals surface area contributed by atoms with Crippen molar-refractivity contribution in [1.29, 1.82) is 0 Å². The van der Waals surface area contributed by atoms with Crippen LogP contribution in [-0.2, 0) is 0 Å². The van der Waals surface area contributed by atoms with Crippen LogP contribution >= 0.6 is 15.9 Å². The van der Waals surface area contributed by atoms with E-state index in [0.717, 1.165) is 47.5 Å². The lowest BCUT2D eigenvalue weighted by molar-refractivity contribution is 0.155. The molecule has 0 spiro atoms. The van der Waals surface area contributed by atoms with Gasteiger partial charge in [-0.1, -0.05) is 6.92 Å². The molecule has 0 radical (unpaired) electrons. The summed E-state index contributed by atoms with van der Waals surface area (Å²) < 4.78 is 0.967. The maximum atomic E-state index is 9.73. The molecule has 0 saturated heterocycles. The van der Waals surface area contributed by atoms with Gasteiger partial charge in [0.25, 0.3) is 0 Å². The number of anilines is 1. The van der Waals surface area contributed by atoms with Crippen LogP contribution in [0, 0.1) is 12.8 Å². The first-order chi connectivity index (χ1) is 8.54. The number of hydrogen-bond donors (Lipinski definition) is 2. The predicted octanol–water partition coefficient (Wildman–Crippen LogP) is 3.51. The Kier molecular flexibility index (Phi) is 4.28. The van der Waals surface area contributed by atoms with Crippen molar-refractivity contribution in [3.05, 3.63) is 22.3 Å². The highest BCUT2D eigenvalue weighted by Crippen LogP contribution is 2.35. The lowest BCUT2D eigenvalue weighted by Crippen LogP contribution is -2.45. The molecule has 2 N–H and O–H groups in total. The van der Waals surface area contributed by atoms with Crippen LogP contribution in [0.4, 0.5) is 5.82 Å². The standard InChI is InChI=1S/C14H21BrN2O/c1-10-3-5-14(9-18,6-4-10)17-13-12(15)7-11(2)8-16-13/h7-8,10,18H,3-6,9H2,1-2H3,(H,16,17). The highest BCUT2D eigenvalue weighted by atomic mass is 79.9. The Morgan fingerprint density at radius 3 is 2.72 bits per heavy atom. The normalized spacial score (nSPS) is 28.1. The van der Waals surface area contributed by atoms with Gasteiger partial charge in [-0.15, -0.1) is 0 Å². The minimum atomic E-state index is -0.197. The van der Waals surface area contributed by atoms with Crippen LogP contribution in [0.1, 0.15) is 38.2 Å². The summed E-state index contributed by atoms with van der Waals surface area (Å²) in [5.74, 6) is 1.60. The van der Waals surface area contributed by atoms with E-state index in [1.54, 1.807) is 0 Å². The van der Waals surface area contributed by atoms with Crippen LogP contribution in [0.25, 0.3) is 0 Å². The number of rotatable bonds is 3. The molecule has 18 heavy (non-hydrogen) atoms. The van der Waals surface area contributed by atoms with E-state index in [4.69, 9.17) is 0 Å². The van der Waals surface area contributed by atoms with E-state index in [-0.39, 0.29) is 12.1 Å². The van der Waals surface area contributed by atoms with Gasteiger partial charge >= 0.3 is 0 Å². The number of pyridine rings is 1. The molecular formula is C14H21BrN2O. The summed E-state index contributed by atoms with van der Waals surface area (Å²) in [7, 11) is 0. The first kappa shape index (κ1) is 13.8. The van der Waals surface area contributed by atoms with Crippen molar-refractivity contribution in [3.8, 4) is 0 Å². The van der Waals surface area contributed by atoms with Gasteiger partial charge in [0.2, 0.25) is 0 Å². The van der Waals surface area contributed by atoms with Gasteiger partial charge in [-0.2, -0.15) is 0 Å². The molecule has 0 aromatic carbocycles. The van der Waals surface area contributed by atoms with E-state index in [9.17, 15) is 5.11 Å². The van der Waals surface area contributed by atoms with Crippen molar-refractivity contribution < 1.29 is 5.11 Å². The Labute approximate surface area is 117 Å². The second-order valence-electron chi connectivity index (χ2n) is 5.59. The molecule has 100 valence electrons. The van der Waals surface area contributed by atoms with E-state index in [2.05, 4.69) is 33.2 Å². The molecule has 0 amide bonds. The van der Waals surface area contributed by atoms with Crippen LogP contribution in [-0.4, -0.2) is 22.2 Å². The average Bonchev–Trinajstić information content (AvgIpc) is 2.36. The summed E-state index contributed by atoms with van der Waals surface area (Å²) in [4.78, 5) is 4.41. The van der Waals surface area contributed by atoms with Gasteiger partial charge in [0.15, 0.2) is 0 Å². The molecule has 4 heteroatoms. The SMILES string of the molecule is Cc1cnc(NC2(CO)CCC(C)CC2)c(Br)c1. The summed E-state index contributed by atoms with van der Waals surface area (Å²) in [6, 6.07) is 2.05. The van der Waals surface area contributed by atoms with Crippen molar-refractivity contribution in [1.82, 2.24) is 4.98 Å². The third-order valence-corrected chi connectivity index (χ3v) is 4.50. The van der Waals surface area contributed by atoms with Crippen molar-refractivity contribution in [2.75, 3.05) is 11.9 Å². The minimum Gasteiger partial charge on any atom is -0.394 e. The first-order valence-corrected chi connectivity index (χ1v) is 7.35. The van der Waals surface area contributed by atoms with Gasteiger partial charge in [-0.3, -0.25) is 0 Å². The second kappa shape index (κ2) is 5.57. The number of nitrogens with zero attached hydrogens (tertiary/aromatic N) is 1. The molecule has 1 saturated carbocycles. The quantitative estimate of drug-likeness (QED) is 0.897. The maximum absolute atomic E-state index is 9.73. The maximum Gasteiger partial charge on any atom is 0.140 e. The van der Waals surface area contributed by atoms with Gasteiger partial charge in [0.1, 0.15) is 5.82 Å². The molecule has 1 aromatic heterocycles. The second-order valence-corrected chi connectivity index (χ2v) is 6.44. The van der Waals surface area contributed by atoms with E-state index in [0.29, 0.717) is 0 Å². The van der Waals surface area contributed by atoms with E-state index >= 15 is 0 Å². The topological polar surface area (TPSA) is 45.2 Å². The van der Waals surface area contributed by atoms with Gasteiger partial charge in [0.05, 0.1) is 16.6 Å². The van der Waals surface area contributed by atoms with Crippen LogP contribution in [0.5, 0.6) is 0 Å². The van der Waals surface area contributed by atoms with Crippen LogP contribution in [0.3, 0.4) is 0 Å². The molecule has 0 unspecified atom stereocenters. The Morgan fingerprint density at radius 2 is 2.17 bits per heavy atom. The predicted molar refractivity (Wildman–Crippen MR) is 77.7 cm³/mol. The van der Waals surface area contributed by atoms with Crippen molar-refractivity contribution >= 4 is 21.7 Å². The fraction of sp³-hybridized carbons (Fsp3) is 0.643. The Hall–Kier alpha value is -0.610. The van der Waals surface area contributed by atoms with Crippen molar-refractivity contribution in [3.63, 3.8) is 0 Å². The summed E-state index contributed by atoms with van der Waals surface area (Å²) in [5.41, 5.74) is 0.930. The molecule has 1 heterocycles. The molecule has 1 fully saturated rings. The summed E-state index contributed by atoms with van der Waals surface area (Å²) in [6.07, 6.45) is 6.19. The van der Waals surface area contributed by atoms with E-state index in [1.165, 1.54) is 0 Å². The van der Waals surface area contributed by atoms with Crippen molar-refractivity contribution in [2.24, 2.45) is 5.92 Å². The zero-order chi connectivity index (χ0) is 13.2. The minimum absolute atomic E-state index is 0.168. The molecule has 3 nitrogen and oxygen atoms in total.